The molecule has 43 heavy (non-hydrogen) atoms. The van der Waals surface area contributed by atoms with E-state index in [1.165, 1.54) is 10.9 Å². The van der Waals surface area contributed by atoms with Gasteiger partial charge in [0.25, 0.3) is 5.91 Å². The molecule has 0 spiro atoms. The van der Waals surface area contributed by atoms with Crippen molar-refractivity contribution in [2.75, 3.05) is 32.0 Å². The molecule has 2 unspecified atom stereocenters. The lowest BCUT2D eigenvalue weighted by Crippen LogP contribution is -2.43. The normalized spacial score (nSPS) is 24.4. The first-order valence-electron chi connectivity index (χ1n) is 14.7. The van der Waals surface area contributed by atoms with Crippen LogP contribution in [-0.2, 0) is 32.0 Å². The quantitative estimate of drug-likeness (QED) is 0.244. The summed E-state index contributed by atoms with van der Waals surface area (Å²) in [7, 11) is 0. The molecule has 2 aromatic heterocycles. The average Bonchev–Trinajstić information content (AvgIpc) is 3.65. The van der Waals surface area contributed by atoms with Crippen LogP contribution in [0.1, 0.15) is 43.3 Å². The van der Waals surface area contributed by atoms with Gasteiger partial charge in [-0.1, -0.05) is 30.3 Å². The maximum Gasteiger partial charge on any atom is 0.409 e. The Kier molecular flexibility index (Phi) is 8.70. The van der Waals surface area contributed by atoms with Gasteiger partial charge >= 0.3 is 6.09 Å². The number of nitrogens with one attached hydrogen (secondary N) is 1. The molecular weight excluding hydrogens is 558 g/mol. The molecule has 2 saturated heterocycles. The predicted molar refractivity (Wildman–Crippen MR) is 152 cm³/mol. The zero-order chi connectivity index (χ0) is 29.9. The number of imidazole rings is 1. The Bertz CT molecular complexity index is 1430. The van der Waals surface area contributed by atoms with Gasteiger partial charge in [-0.05, 0) is 37.2 Å². The van der Waals surface area contributed by atoms with Gasteiger partial charge in [-0.3, -0.25) is 9.36 Å². The summed E-state index contributed by atoms with van der Waals surface area (Å²) >= 11 is 0. The molecule has 1 aromatic carbocycles. The maximum absolute atomic E-state index is 12.5. The summed E-state index contributed by atoms with van der Waals surface area (Å²) in [5.41, 5.74) is 7.96. The number of carbonyl (C=O) groups is 2. The van der Waals surface area contributed by atoms with Gasteiger partial charge in [0.05, 0.1) is 19.5 Å². The summed E-state index contributed by atoms with van der Waals surface area (Å²) in [5, 5.41) is 24.1. The smallest absolute Gasteiger partial charge is 0.409 e. The number of hydrogen-bond acceptors (Lipinski definition) is 11. The molecular formula is C29H37N7O7. The topological polar surface area (TPSA) is 187 Å². The SMILES string of the molecule is Nc1nc(CC2CCN(C(=O)OCCOCc3ccccc3)CC2)nc2c1ncn2[C@@H]1O[C@H](C(=O)NC2CC2)C(O)C1O. The molecule has 1 saturated carbocycles. The van der Waals surface area contributed by atoms with E-state index in [-0.39, 0.29) is 30.5 Å². The Balaban J connectivity index is 1.01. The first kappa shape index (κ1) is 29.2. The van der Waals surface area contributed by atoms with Crippen LogP contribution in [0.4, 0.5) is 10.6 Å². The van der Waals surface area contributed by atoms with E-state index < -0.39 is 30.4 Å². The lowest BCUT2D eigenvalue weighted by atomic mass is 9.93. The number of fused-ring (bicyclic) bond motifs is 1. The third-order valence-corrected chi connectivity index (χ3v) is 8.10. The monoisotopic (exact) mass is 595 g/mol. The average molecular weight is 596 g/mol. The largest absolute Gasteiger partial charge is 0.447 e. The molecule has 1 aliphatic carbocycles. The number of aliphatic hydroxyl groups is 2. The highest BCUT2D eigenvalue weighted by Crippen LogP contribution is 2.33. The van der Waals surface area contributed by atoms with Crippen LogP contribution >= 0.6 is 0 Å². The zero-order valence-corrected chi connectivity index (χ0v) is 23.7. The van der Waals surface area contributed by atoms with Crippen LogP contribution in [0.5, 0.6) is 0 Å². The minimum Gasteiger partial charge on any atom is -0.447 e. The Labute approximate surface area is 248 Å². The van der Waals surface area contributed by atoms with Gasteiger partial charge in [0.1, 0.15) is 30.2 Å². The van der Waals surface area contributed by atoms with E-state index >= 15 is 0 Å². The van der Waals surface area contributed by atoms with Gasteiger partial charge in [0.15, 0.2) is 23.8 Å². The fourth-order valence-electron chi connectivity index (χ4n) is 5.50. The van der Waals surface area contributed by atoms with Crippen LogP contribution in [0, 0.1) is 5.92 Å². The molecule has 0 radical (unpaired) electrons. The van der Waals surface area contributed by atoms with Crippen LogP contribution in [0.25, 0.3) is 11.2 Å². The molecule has 2 amide bonds. The molecule has 3 aromatic rings. The van der Waals surface area contributed by atoms with E-state index in [1.807, 2.05) is 30.3 Å². The van der Waals surface area contributed by atoms with Crippen molar-refractivity contribution in [3.63, 3.8) is 0 Å². The van der Waals surface area contributed by atoms with Crippen molar-refractivity contribution in [1.82, 2.24) is 29.7 Å². The Morgan fingerprint density at radius 1 is 1.05 bits per heavy atom. The van der Waals surface area contributed by atoms with Gasteiger partial charge in [0.2, 0.25) is 0 Å². The second kappa shape index (κ2) is 12.8. The lowest BCUT2D eigenvalue weighted by Gasteiger charge is -2.31. The summed E-state index contributed by atoms with van der Waals surface area (Å²) in [6.45, 7) is 2.08. The molecule has 14 nitrogen and oxygen atoms in total. The molecule has 3 aliphatic rings. The number of likely N-dealkylation sites (tertiary alicyclic amines) is 1. The number of aromatic nitrogens is 4. The fraction of sp³-hybridized carbons (Fsp3) is 0.552. The predicted octanol–water partition coefficient (Wildman–Crippen LogP) is 0.914. The number of nitrogen functional groups attached to an aromatic ring is 1. The number of nitrogens with two attached hydrogens (primary N) is 1. The molecule has 3 fully saturated rings. The first-order valence-corrected chi connectivity index (χ1v) is 14.7. The van der Waals surface area contributed by atoms with E-state index in [2.05, 4.69) is 20.3 Å². The number of amides is 2. The van der Waals surface area contributed by atoms with Crippen molar-refractivity contribution >= 4 is 29.0 Å². The van der Waals surface area contributed by atoms with Gasteiger partial charge in [0, 0.05) is 25.6 Å². The van der Waals surface area contributed by atoms with Crippen LogP contribution in [-0.4, -0.2) is 97.3 Å². The molecule has 4 atom stereocenters. The van der Waals surface area contributed by atoms with E-state index in [1.54, 1.807) is 4.90 Å². The Morgan fingerprint density at radius 3 is 2.56 bits per heavy atom. The zero-order valence-electron chi connectivity index (χ0n) is 23.7. The van der Waals surface area contributed by atoms with Crippen molar-refractivity contribution in [2.24, 2.45) is 5.92 Å². The van der Waals surface area contributed by atoms with Gasteiger partial charge in [-0.25, -0.2) is 19.7 Å². The molecule has 4 heterocycles. The summed E-state index contributed by atoms with van der Waals surface area (Å²) in [6, 6.07) is 9.90. The van der Waals surface area contributed by atoms with Crippen molar-refractivity contribution in [1.29, 1.82) is 0 Å². The second-order valence-corrected chi connectivity index (χ2v) is 11.3. The third kappa shape index (κ3) is 6.72. The van der Waals surface area contributed by atoms with Crippen molar-refractivity contribution in [3.8, 4) is 0 Å². The second-order valence-electron chi connectivity index (χ2n) is 11.3. The molecule has 0 bridgehead atoms. The van der Waals surface area contributed by atoms with Crippen molar-refractivity contribution in [2.45, 2.75) is 69.3 Å². The highest BCUT2D eigenvalue weighted by molar-refractivity contribution is 5.83. The maximum atomic E-state index is 12.5. The summed E-state index contributed by atoms with van der Waals surface area (Å²) in [6.07, 6.45) is -0.199. The number of benzene rings is 1. The number of hydrogen-bond donors (Lipinski definition) is 4. The highest BCUT2D eigenvalue weighted by Gasteiger charge is 2.48. The molecule has 5 N–H and O–H groups in total. The van der Waals surface area contributed by atoms with E-state index in [9.17, 15) is 19.8 Å². The van der Waals surface area contributed by atoms with Gasteiger partial charge in [-0.15, -0.1) is 0 Å². The van der Waals surface area contributed by atoms with Crippen LogP contribution in [0.2, 0.25) is 0 Å². The van der Waals surface area contributed by atoms with E-state index in [0.29, 0.717) is 49.7 Å². The number of carbonyl (C=O) groups excluding carboxylic acids is 2. The number of ether oxygens (including phenoxy) is 3. The lowest BCUT2D eigenvalue weighted by molar-refractivity contribution is -0.137. The first-order chi connectivity index (χ1) is 20.9. The highest BCUT2D eigenvalue weighted by atomic mass is 16.6. The number of aliphatic hydroxyl groups excluding tert-OH is 2. The third-order valence-electron chi connectivity index (χ3n) is 8.10. The van der Waals surface area contributed by atoms with Crippen LogP contribution < -0.4 is 11.1 Å². The Hall–Kier alpha value is -3.85. The fourth-order valence-corrected chi connectivity index (χ4v) is 5.50. The molecule has 14 heteroatoms. The summed E-state index contributed by atoms with van der Waals surface area (Å²) in [5.74, 6) is 0.448. The van der Waals surface area contributed by atoms with Crippen molar-refractivity contribution < 1.29 is 34.0 Å². The standard InChI is InChI=1S/C29H37N7O7/c30-25-21-26(36(16-31-21)28-23(38)22(37)24(43-28)27(39)32-19-6-7-19)34-20(33-25)14-17-8-10-35(11-9-17)29(40)42-13-12-41-15-18-4-2-1-3-5-18/h1-5,16-17,19,22-24,28,37-38H,6-15H2,(H,32,39)(H2,30,33,34)/t22?,23?,24-,28+/m0/s1. The van der Waals surface area contributed by atoms with E-state index in [4.69, 9.17) is 19.9 Å². The minimum absolute atomic E-state index is 0.0888. The number of piperidine rings is 1. The molecule has 6 rings (SSSR count). The Morgan fingerprint density at radius 2 is 1.81 bits per heavy atom. The number of rotatable bonds is 10. The van der Waals surface area contributed by atoms with E-state index in [0.717, 1.165) is 31.2 Å². The van der Waals surface area contributed by atoms with Crippen LogP contribution in [0.15, 0.2) is 36.7 Å². The summed E-state index contributed by atoms with van der Waals surface area (Å²) < 4.78 is 18.3. The van der Waals surface area contributed by atoms with Crippen LogP contribution in [0.3, 0.4) is 0 Å². The minimum atomic E-state index is -1.40. The molecule has 2 aliphatic heterocycles. The molecule has 230 valence electrons. The van der Waals surface area contributed by atoms with Gasteiger partial charge in [-0.2, -0.15) is 0 Å². The number of anilines is 1. The van der Waals surface area contributed by atoms with Crippen molar-refractivity contribution in [3.05, 3.63) is 48.0 Å². The van der Waals surface area contributed by atoms with Gasteiger partial charge < -0.3 is 40.4 Å². The summed E-state index contributed by atoms with van der Waals surface area (Å²) in [4.78, 5) is 40.2. The number of nitrogens with zero attached hydrogens (tertiary/aromatic N) is 5.